The molecule has 0 bridgehead atoms. The van der Waals surface area contributed by atoms with E-state index in [0.29, 0.717) is 22.8 Å². The topological polar surface area (TPSA) is 72.4 Å². The first-order valence-corrected chi connectivity index (χ1v) is 8.89. The van der Waals surface area contributed by atoms with E-state index in [1.165, 1.54) is 6.20 Å². The van der Waals surface area contributed by atoms with Crippen molar-refractivity contribution in [2.24, 2.45) is 0 Å². The van der Waals surface area contributed by atoms with Gasteiger partial charge in [-0.05, 0) is 44.2 Å². The Kier molecular flexibility index (Phi) is 4.46. The predicted octanol–water partition coefficient (Wildman–Crippen LogP) is 4.36. The minimum Gasteiger partial charge on any atom is -0.436 e. The summed E-state index contributed by atoms with van der Waals surface area (Å²) in [4.78, 5) is 23.0. The van der Waals surface area contributed by atoms with Gasteiger partial charge in [-0.3, -0.25) is 4.98 Å². The SMILES string of the molecule is CCN(CC)c1ccc2cc(-c3cnc(-c4ccncc4)o3)c(=O)oc2c1. The third kappa shape index (κ3) is 3.21. The Bertz CT molecular complexity index is 1130. The van der Waals surface area contributed by atoms with E-state index >= 15 is 0 Å². The highest BCUT2D eigenvalue weighted by molar-refractivity contribution is 5.84. The molecule has 0 spiro atoms. The maximum atomic E-state index is 12.5. The number of hydrogen-bond donors (Lipinski definition) is 0. The molecule has 0 N–H and O–H groups in total. The molecule has 136 valence electrons. The Morgan fingerprint density at radius 1 is 1.00 bits per heavy atom. The molecule has 0 saturated carbocycles. The van der Waals surface area contributed by atoms with Crippen LogP contribution >= 0.6 is 0 Å². The van der Waals surface area contributed by atoms with Gasteiger partial charge in [-0.25, -0.2) is 9.78 Å². The Morgan fingerprint density at radius 3 is 2.52 bits per heavy atom. The van der Waals surface area contributed by atoms with Crippen molar-refractivity contribution < 1.29 is 8.83 Å². The Labute approximate surface area is 156 Å². The molecule has 3 heterocycles. The van der Waals surface area contributed by atoms with Crippen LogP contribution < -0.4 is 10.5 Å². The molecule has 0 aliphatic carbocycles. The molecule has 4 rings (SSSR count). The fraction of sp³-hybridized carbons (Fsp3) is 0.190. The van der Waals surface area contributed by atoms with E-state index in [2.05, 4.69) is 28.7 Å². The smallest absolute Gasteiger partial charge is 0.347 e. The maximum Gasteiger partial charge on any atom is 0.347 e. The van der Waals surface area contributed by atoms with Crippen molar-refractivity contribution in [3.8, 4) is 22.8 Å². The lowest BCUT2D eigenvalue weighted by Crippen LogP contribution is -2.21. The standard InChI is InChI=1S/C21H19N3O3/c1-3-24(4-2)16-6-5-15-11-17(21(25)27-18(15)12-16)19-13-23-20(26-19)14-7-9-22-10-8-14/h5-13H,3-4H2,1-2H3. The van der Waals surface area contributed by atoms with E-state index in [-0.39, 0.29) is 0 Å². The number of nitrogens with zero attached hydrogens (tertiary/aromatic N) is 3. The summed E-state index contributed by atoms with van der Waals surface area (Å²) in [7, 11) is 0. The number of fused-ring (bicyclic) bond motifs is 1. The van der Waals surface area contributed by atoms with Crippen LogP contribution in [0.2, 0.25) is 0 Å². The molecule has 3 aromatic heterocycles. The number of benzene rings is 1. The van der Waals surface area contributed by atoms with Crippen LogP contribution in [0.1, 0.15) is 13.8 Å². The molecule has 0 aliphatic rings. The second-order valence-corrected chi connectivity index (χ2v) is 6.11. The first-order chi connectivity index (χ1) is 13.2. The van der Waals surface area contributed by atoms with Gasteiger partial charge in [0, 0.05) is 48.2 Å². The molecule has 6 nitrogen and oxygen atoms in total. The van der Waals surface area contributed by atoms with Crippen LogP contribution in [-0.2, 0) is 0 Å². The van der Waals surface area contributed by atoms with Crippen molar-refractivity contribution in [2.45, 2.75) is 13.8 Å². The van der Waals surface area contributed by atoms with Crippen molar-refractivity contribution >= 4 is 16.7 Å². The van der Waals surface area contributed by atoms with Gasteiger partial charge in [0.25, 0.3) is 0 Å². The minimum atomic E-state index is -0.448. The molecule has 6 heteroatoms. The molecule has 0 atom stereocenters. The van der Waals surface area contributed by atoms with Crippen LogP contribution in [0.15, 0.2) is 68.6 Å². The Morgan fingerprint density at radius 2 is 1.78 bits per heavy atom. The van der Waals surface area contributed by atoms with Gasteiger partial charge in [0.15, 0.2) is 5.76 Å². The van der Waals surface area contributed by atoms with E-state index in [1.54, 1.807) is 30.6 Å². The monoisotopic (exact) mass is 361 g/mol. The van der Waals surface area contributed by atoms with Crippen molar-refractivity contribution in [1.82, 2.24) is 9.97 Å². The fourth-order valence-corrected chi connectivity index (χ4v) is 3.08. The summed E-state index contributed by atoms with van der Waals surface area (Å²) >= 11 is 0. The summed E-state index contributed by atoms with van der Waals surface area (Å²) in [6.07, 6.45) is 4.87. The van der Waals surface area contributed by atoms with Crippen molar-refractivity contribution in [3.63, 3.8) is 0 Å². The summed E-state index contributed by atoms with van der Waals surface area (Å²) in [6.45, 7) is 5.97. The first kappa shape index (κ1) is 17.0. The van der Waals surface area contributed by atoms with Gasteiger partial charge in [-0.1, -0.05) is 0 Å². The van der Waals surface area contributed by atoms with Gasteiger partial charge in [0.2, 0.25) is 5.89 Å². The van der Waals surface area contributed by atoms with Crippen LogP contribution in [0.5, 0.6) is 0 Å². The minimum absolute atomic E-state index is 0.353. The van der Waals surface area contributed by atoms with Crippen molar-refractivity contribution in [1.29, 1.82) is 0 Å². The molecule has 1 aromatic carbocycles. The molecule has 27 heavy (non-hydrogen) atoms. The summed E-state index contributed by atoms with van der Waals surface area (Å²) in [5.41, 5.74) is 2.29. The third-order valence-electron chi connectivity index (χ3n) is 4.55. The zero-order valence-electron chi connectivity index (χ0n) is 15.2. The van der Waals surface area contributed by atoms with Crippen LogP contribution in [0.25, 0.3) is 33.7 Å². The number of hydrogen-bond acceptors (Lipinski definition) is 6. The molecule has 0 radical (unpaired) electrons. The maximum absolute atomic E-state index is 12.5. The molecule has 0 unspecified atom stereocenters. The summed E-state index contributed by atoms with van der Waals surface area (Å²) in [5, 5.41) is 0.836. The second-order valence-electron chi connectivity index (χ2n) is 6.11. The summed E-state index contributed by atoms with van der Waals surface area (Å²) < 4.78 is 11.3. The fourth-order valence-electron chi connectivity index (χ4n) is 3.08. The van der Waals surface area contributed by atoms with Crippen LogP contribution in [0.4, 0.5) is 5.69 Å². The summed E-state index contributed by atoms with van der Waals surface area (Å²) in [5.74, 6) is 0.814. The largest absolute Gasteiger partial charge is 0.436 e. The van der Waals surface area contributed by atoms with Crippen LogP contribution in [-0.4, -0.2) is 23.1 Å². The van der Waals surface area contributed by atoms with Gasteiger partial charge in [-0.2, -0.15) is 0 Å². The van der Waals surface area contributed by atoms with E-state index in [4.69, 9.17) is 8.83 Å². The normalized spacial score (nSPS) is 11.0. The molecular weight excluding hydrogens is 342 g/mol. The molecule has 0 amide bonds. The Hall–Kier alpha value is -3.41. The van der Waals surface area contributed by atoms with Gasteiger partial charge in [-0.15, -0.1) is 0 Å². The van der Waals surface area contributed by atoms with Gasteiger partial charge < -0.3 is 13.7 Å². The number of anilines is 1. The second kappa shape index (κ2) is 7.07. The molecule has 0 saturated heterocycles. The van der Waals surface area contributed by atoms with Crippen molar-refractivity contribution in [3.05, 3.63) is 65.4 Å². The quantitative estimate of drug-likeness (QED) is 0.492. The first-order valence-electron chi connectivity index (χ1n) is 8.89. The van der Waals surface area contributed by atoms with Crippen molar-refractivity contribution in [2.75, 3.05) is 18.0 Å². The van der Waals surface area contributed by atoms with Crippen LogP contribution in [0, 0.1) is 0 Å². The Balaban J connectivity index is 1.75. The lowest BCUT2D eigenvalue weighted by molar-refractivity contribution is 0.549. The van der Waals surface area contributed by atoms with E-state index in [1.807, 2.05) is 18.2 Å². The highest BCUT2D eigenvalue weighted by atomic mass is 16.4. The average Bonchev–Trinajstić information content (AvgIpc) is 3.19. The van der Waals surface area contributed by atoms with Gasteiger partial charge in [0.1, 0.15) is 11.1 Å². The number of rotatable bonds is 5. The van der Waals surface area contributed by atoms with E-state index in [9.17, 15) is 4.79 Å². The zero-order valence-corrected chi connectivity index (χ0v) is 15.2. The average molecular weight is 361 g/mol. The van der Waals surface area contributed by atoms with Gasteiger partial charge >= 0.3 is 5.63 Å². The molecular formula is C21H19N3O3. The van der Waals surface area contributed by atoms with E-state index < -0.39 is 5.63 Å². The lowest BCUT2D eigenvalue weighted by atomic mass is 10.1. The lowest BCUT2D eigenvalue weighted by Gasteiger charge is -2.20. The van der Waals surface area contributed by atoms with Crippen LogP contribution in [0.3, 0.4) is 0 Å². The third-order valence-corrected chi connectivity index (χ3v) is 4.55. The van der Waals surface area contributed by atoms with Gasteiger partial charge in [0.05, 0.1) is 6.20 Å². The molecule has 0 aliphatic heterocycles. The highest BCUT2D eigenvalue weighted by Gasteiger charge is 2.15. The zero-order chi connectivity index (χ0) is 18.8. The number of pyridine rings is 1. The number of oxazole rings is 1. The summed E-state index contributed by atoms with van der Waals surface area (Å²) in [6, 6.07) is 11.3. The molecule has 0 fully saturated rings. The molecule has 4 aromatic rings. The number of aromatic nitrogens is 2. The highest BCUT2D eigenvalue weighted by Crippen LogP contribution is 2.27. The van der Waals surface area contributed by atoms with E-state index in [0.717, 1.165) is 29.7 Å². The predicted molar refractivity (Wildman–Crippen MR) is 105 cm³/mol.